The van der Waals surface area contributed by atoms with Gasteiger partial charge in [-0.05, 0) is 29.5 Å². The summed E-state index contributed by atoms with van der Waals surface area (Å²) in [6.07, 6.45) is 3.24. The Bertz CT molecular complexity index is 594. The Morgan fingerprint density at radius 1 is 1.57 bits per heavy atom. The molecule has 0 aliphatic carbocycles. The number of carbonyl (C=O) groups is 3. The van der Waals surface area contributed by atoms with Crippen LogP contribution < -0.4 is 5.32 Å². The minimum Gasteiger partial charge on any atom is -0.478 e. The first-order valence-electron chi connectivity index (χ1n) is 6.55. The summed E-state index contributed by atoms with van der Waals surface area (Å²) in [5, 5.41) is 12.8. The molecule has 1 saturated heterocycles. The monoisotopic (exact) mass is 308 g/mol. The van der Waals surface area contributed by atoms with E-state index < -0.39 is 5.97 Å². The quantitative estimate of drug-likeness (QED) is 0.628. The van der Waals surface area contributed by atoms with Gasteiger partial charge in [-0.1, -0.05) is 6.92 Å². The zero-order valence-corrected chi connectivity index (χ0v) is 12.4. The molecule has 0 radical (unpaired) electrons. The largest absolute Gasteiger partial charge is 0.478 e. The first kappa shape index (κ1) is 15.4. The number of imide groups is 1. The molecule has 1 aliphatic heterocycles. The van der Waals surface area contributed by atoms with Crippen molar-refractivity contribution in [1.29, 1.82) is 0 Å². The molecule has 2 N–H and O–H groups in total. The van der Waals surface area contributed by atoms with Gasteiger partial charge in [-0.25, -0.2) is 4.79 Å². The molecule has 1 fully saturated rings. The second-order valence-corrected chi connectivity index (χ2v) is 5.76. The lowest BCUT2D eigenvalue weighted by Gasteiger charge is -2.32. The van der Waals surface area contributed by atoms with E-state index in [4.69, 9.17) is 5.11 Å². The second kappa shape index (κ2) is 6.64. The van der Waals surface area contributed by atoms with Gasteiger partial charge in [-0.3, -0.25) is 19.8 Å². The number of piperazine rings is 1. The van der Waals surface area contributed by atoms with Gasteiger partial charge in [0.25, 0.3) is 0 Å². The van der Waals surface area contributed by atoms with Crippen molar-refractivity contribution >= 4 is 35.2 Å². The molecule has 2 heterocycles. The van der Waals surface area contributed by atoms with Gasteiger partial charge in [-0.15, -0.1) is 11.3 Å². The van der Waals surface area contributed by atoms with Crippen LogP contribution >= 0.6 is 11.3 Å². The second-order valence-electron chi connectivity index (χ2n) is 4.76. The van der Waals surface area contributed by atoms with Crippen LogP contribution in [-0.2, 0) is 20.9 Å². The number of amides is 2. The van der Waals surface area contributed by atoms with Crippen LogP contribution in [0.25, 0.3) is 6.08 Å². The number of hydrogen-bond acceptors (Lipinski definition) is 5. The summed E-state index contributed by atoms with van der Waals surface area (Å²) in [5.74, 6) is -1.53. The highest BCUT2D eigenvalue weighted by Gasteiger charge is 2.32. The van der Waals surface area contributed by atoms with E-state index >= 15 is 0 Å². The number of carboxylic acid groups (broad SMARTS) is 1. The molecular formula is C14H16N2O4S. The van der Waals surface area contributed by atoms with E-state index in [1.54, 1.807) is 0 Å². The SMILES string of the molecule is CCC1C(=O)NC(=O)CN1Cc1cc(C=CC(=O)O)cs1. The Morgan fingerprint density at radius 3 is 3.00 bits per heavy atom. The Labute approximate surface area is 126 Å². The van der Waals surface area contributed by atoms with Gasteiger partial charge in [0.05, 0.1) is 12.6 Å². The van der Waals surface area contributed by atoms with Crippen molar-refractivity contribution in [2.45, 2.75) is 25.9 Å². The molecule has 6 nitrogen and oxygen atoms in total. The molecular weight excluding hydrogens is 292 g/mol. The lowest BCUT2D eigenvalue weighted by molar-refractivity contribution is -0.140. The molecule has 21 heavy (non-hydrogen) atoms. The van der Waals surface area contributed by atoms with Crippen LogP contribution in [-0.4, -0.2) is 40.4 Å². The highest BCUT2D eigenvalue weighted by molar-refractivity contribution is 7.10. The zero-order chi connectivity index (χ0) is 15.4. The molecule has 1 aromatic heterocycles. The van der Waals surface area contributed by atoms with Crippen LogP contribution in [0.3, 0.4) is 0 Å². The lowest BCUT2D eigenvalue weighted by atomic mass is 10.1. The predicted octanol–water partition coefficient (Wildman–Crippen LogP) is 1.08. The van der Waals surface area contributed by atoms with Crippen molar-refractivity contribution in [3.8, 4) is 0 Å². The van der Waals surface area contributed by atoms with Gasteiger partial charge in [0, 0.05) is 17.5 Å². The number of carboxylic acids is 1. The van der Waals surface area contributed by atoms with Gasteiger partial charge >= 0.3 is 5.97 Å². The Hall–Kier alpha value is -1.99. The minimum absolute atomic E-state index is 0.197. The maximum atomic E-state index is 11.8. The number of nitrogens with one attached hydrogen (secondary N) is 1. The topological polar surface area (TPSA) is 86.7 Å². The van der Waals surface area contributed by atoms with Gasteiger partial charge in [0.15, 0.2) is 0 Å². The molecule has 1 aliphatic rings. The van der Waals surface area contributed by atoms with E-state index in [0.717, 1.165) is 16.5 Å². The van der Waals surface area contributed by atoms with Crippen molar-refractivity contribution in [2.75, 3.05) is 6.54 Å². The van der Waals surface area contributed by atoms with Crippen LogP contribution in [0, 0.1) is 0 Å². The van der Waals surface area contributed by atoms with Gasteiger partial charge in [0.1, 0.15) is 0 Å². The number of aliphatic carboxylic acids is 1. The van der Waals surface area contributed by atoms with Crippen LogP contribution in [0.1, 0.15) is 23.8 Å². The Balaban J connectivity index is 2.07. The lowest BCUT2D eigenvalue weighted by Crippen LogP contribution is -2.57. The molecule has 1 aromatic rings. The Morgan fingerprint density at radius 2 is 2.33 bits per heavy atom. The maximum Gasteiger partial charge on any atom is 0.328 e. The summed E-state index contributed by atoms with van der Waals surface area (Å²) < 4.78 is 0. The number of nitrogens with zero attached hydrogens (tertiary/aromatic N) is 1. The third-order valence-corrected chi connectivity index (χ3v) is 4.13. The summed E-state index contributed by atoms with van der Waals surface area (Å²) in [6.45, 7) is 2.61. The zero-order valence-electron chi connectivity index (χ0n) is 11.5. The fraction of sp³-hybridized carbons (Fsp3) is 0.357. The van der Waals surface area contributed by atoms with Crippen molar-refractivity contribution in [3.63, 3.8) is 0 Å². The van der Waals surface area contributed by atoms with E-state index in [1.807, 2.05) is 23.3 Å². The molecule has 0 saturated carbocycles. The summed E-state index contributed by atoms with van der Waals surface area (Å²) in [6, 6.07) is 1.57. The fourth-order valence-corrected chi connectivity index (χ4v) is 3.14. The molecule has 0 bridgehead atoms. The summed E-state index contributed by atoms with van der Waals surface area (Å²) in [7, 11) is 0. The minimum atomic E-state index is -0.993. The van der Waals surface area contributed by atoms with Gasteiger partial charge in [-0.2, -0.15) is 0 Å². The van der Waals surface area contributed by atoms with E-state index in [1.165, 1.54) is 17.4 Å². The third kappa shape index (κ3) is 3.99. The summed E-state index contributed by atoms with van der Waals surface area (Å²) >= 11 is 1.48. The average Bonchev–Trinajstić information content (AvgIpc) is 2.83. The third-order valence-electron chi connectivity index (χ3n) is 3.19. The van der Waals surface area contributed by atoms with E-state index in [-0.39, 0.29) is 24.4 Å². The molecule has 112 valence electrons. The molecule has 0 aromatic carbocycles. The molecule has 0 spiro atoms. The number of carbonyl (C=O) groups excluding carboxylic acids is 2. The van der Waals surface area contributed by atoms with Crippen LogP contribution in [0.2, 0.25) is 0 Å². The van der Waals surface area contributed by atoms with Crippen molar-refractivity contribution in [1.82, 2.24) is 10.2 Å². The molecule has 7 heteroatoms. The van der Waals surface area contributed by atoms with Crippen LogP contribution in [0.4, 0.5) is 0 Å². The molecule has 1 atom stereocenters. The summed E-state index contributed by atoms with van der Waals surface area (Å²) in [5.41, 5.74) is 0.804. The van der Waals surface area contributed by atoms with Gasteiger partial charge in [0.2, 0.25) is 11.8 Å². The number of hydrogen-bond donors (Lipinski definition) is 2. The fourth-order valence-electron chi connectivity index (χ4n) is 2.27. The highest BCUT2D eigenvalue weighted by Crippen LogP contribution is 2.21. The molecule has 2 amide bonds. The number of thiophene rings is 1. The van der Waals surface area contributed by atoms with Crippen molar-refractivity contribution < 1.29 is 19.5 Å². The van der Waals surface area contributed by atoms with Crippen LogP contribution in [0.15, 0.2) is 17.5 Å². The highest BCUT2D eigenvalue weighted by atomic mass is 32.1. The first-order valence-corrected chi connectivity index (χ1v) is 7.43. The van der Waals surface area contributed by atoms with E-state index in [9.17, 15) is 14.4 Å². The Kier molecular flexibility index (Phi) is 4.87. The average molecular weight is 308 g/mol. The van der Waals surface area contributed by atoms with E-state index in [0.29, 0.717) is 13.0 Å². The maximum absolute atomic E-state index is 11.8. The smallest absolute Gasteiger partial charge is 0.328 e. The molecule has 1 unspecified atom stereocenters. The number of rotatable bonds is 5. The predicted molar refractivity (Wildman–Crippen MR) is 78.6 cm³/mol. The van der Waals surface area contributed by atoms with Crippen molar-refractivity contribution in [3.05, 3.63) is 28.0 Å². The standard InChI is InChI=1S/C14H16N2O4S/c1-2-11-14(20)15-12(17)7-16(11)6-10-5-9(8-21-10)3-4-13(18)19/h3-5,8,11H,2,6-7H2,1H3,(H,18,19)(H,15,17,20). The molecule has 2 rings (SSSR count). The van der Waals surface area contributed by atoms with Crippen LogP contribution in [0.5, 0.6) is 0 Å². The van der Waals surface area contributed by atoms with E-state index in [2.05, 4.69) is 5.32 Å². The normalized spacial score (nSPS) is 20.0. The summed E-state index contributed by atoms with van der Waals surface area (Å²) in [4.78, 5) is 36.6. The first-order chi connectivity index (χ1) is 9.99. The van der Waals surface area contributed by atoms with Crippen molar-refractivity contribution in [2.24, 2.45) is 0 Å². The van der Waals surface area contributed by atoms with Gasteiger partial charge < -0.3 is 5.11 Å².